The normalized spacial score (nSPS) is 20.1. The molecule has 1 atom stereocenters. The Kier molecular flexibility index (Phi) is 4.74. The Balaban J connectivity index is 1.90. The predicted molar refractivity (Wildman–Crippen MR) is 68.4 cm³/mol. The van der Waals surface area contributed by atoms with Gasteiger partial charge in [0.05, 0.1) is 43.9 Å². The highest BCUT2D eigenvalue weighted by molar-refractivity contribution is 5.53. The first kappa shape index (κ1) is 13.1. The summed E-state index contributed by atoms with van der Waals surface area (Å²) < 4.78 is 16.0. The summed E-state index contributed by atoms with van der Waals surface area (Å²) in [5.74, 6) is 0. The summed E-state index contributed by atoms with van der Waals surface area (Å²) in [6.45, 7) is 3.22. The van der Waals surface area contributed by atoms with E-state index in [1.165, 1.54) is 0 Å². The molecular formula is C12H19N3O3. The average molecular weight is 253 g/mol. The number of pyridine rings is 1. The molecule has 0 aliphatic carbocycles. The number of rotatable bonds is 5. The van der Waals surface area contributed by atoms with Crippen molar-refractivity contribution in [3.63, 3.8) is 0 Å². The Hall–Kier alpha value is -1.37. The molecule has 1 saturated heterocycles. The van der Waals surface area contributed by atoms with E-state index in [2.05, 4.69) is 9.88 Å². The highest BCUT2D eigenvalue weighted by atomic mass is 16.7. The van der Waals surface area contributed by atoms with Crippen LogP contribution in [0.2, 0.25) is 0 Å². The first-order valence-corrected chi connectivity index (χ1v) is 5.97. The lowest BCUT2D eigenvalue weighted by Gasteiger charge is -2.34. The third-order valence-electron chi connectivity index (χ3n) is 2.74. The van der Waals surface area contributed by atoms with Crippen molar-refractivity contribution in [2.75, 3.05) is 50.7 Å². The van der Waals surface area contributed by atoms with Gasteiger partial charge in [-0.3, -0.25) is 4.98 Å². The summed E-state index contributed by atoms with van der Waals surface area (Å²) >= 11 is 0. The number of methoxy groups -OCH3 is 1. The molecule has 1 aliphatic heterocycles. The van der Waals surface area contributed by atoms with E-state index < -0.39 is 0 Å². The maximum atomic E-state index is 5.73. The molecular weight excluding hydrogens is 234 g/mol. The summed E-state index contributed by atoms with van der Waals surface area (Å²) in [6, 6.07) is 1.91. The van der Waals surface area contributed by atoms with E-state index >= 15 is 0 Å². The Morgan fingerprint density at radius 1 is 1.50 bits per heavy atom. The van der Waals surface area contributed by atoms with Crippen LogP contribution in [-0.4, -0.2) is 51.3 Å². The minimum atomic E-state index is -0.227. The number of ether oxygens (including phenoxy) is 3. The van der Waals surface area contributed by atoms with Crippen LogP contribution in [0.5, 0.6) is 0 Å². The molecule has 2 heterocycles. The Bertz CT molecular complexity index is 375. The number of aromatic nitrogens is 1. The van der Waals surface area contributed by atoms with Crippen LogP contribution >= 0.6 is 0 Å². The van der Waals surface area contributed by atoms with Crippen LogP contribution in [0.25, 0.3) is 0 Å². The molecule has 0 saturated carbocycles. The molecule has 1 aliphatic rings. The van der Waals surface area contributed by atoms with Crippen LogP contribution in [0.4, 0.5) is 11.4 Å². The summed E-state index contributed by atoms with van der Waals surface area (Å²) in [7, 11) is 1.65. The maximum Gasteiger partial charge on any atom is 0.175 e. The summed E-state index contributed by atoms with van der Waals surface area (Å²) in [5.41, 5.74) is 7.39. The fourth-order valence-electron chi connectivity index (χ4n) is 1.83. The standard InChI is InChI=1S/C12H19N3O3/c1-16-4-5-18-12-9-15(2-3-17-12)11-6-10(13)7-14-8-11/h6-8,12H,2-5,9,13H2,1H3. The highest BCUT2D eigenvalue weighted by Gasteiger charge is 2.21. The molecule has 0 bridgehead atoms. The van der Waals surface area contributed by atoms with Crippen LogP contribution in [0, 0.1) is 0 Å². The van der Waals surface area contributed by atoms with Crippen molar-refractivity contribution in [2.45, 2.75) is 6.29 Å². The minimum Gasteiger partial charge on any atom is -0.397 e. The molecule has 1 aromatic heterocycles. The van der Waals surface area contributed by atoms with E-state index in [4.69, 9.17) is 19.9 Å². The molecule has 2 rings (SSSR count). The number of nitrogens with zero attached hydrogens (tertiary/aromatic N) is 2. The first-order chi connectivity index (χ1) is 8.79. The van der Waals surface area contributed by atoms with Crippen molar-refractivity contribution in [1.29, 1.82) is 0 Å². The van der Waals surface area contributed by atoms with Crippen LogP contribution in [-0.2, 0) is 14.2 Å². The Labute approximate surface area is 107 Å². The predicted octanol–water partition coefficient (Wildman–Crippen LogP) is 0.489. The van der Waals surface area contributed by atoms with Crippen molar-refractivity contribution in [3.05, 3.63) is 18.5 Å². The van der Waals surface area contributed by atoms with Gasteiger partial charge in [-0.1, -0.05) is 0 Å². The monoisotopic (exact) mass is 253 g/mol. The fourth-order valence-corrected chi connectivity index (χ4v) is 1.83. The second-order valence-corrected chi connectivity index (χ2v) is 4.09. The number of morpholine rings is 1. The summed E-state index contributed by atoms with van der Waals surface area (Å²) in [4.78, 5) is 6.25. The lowest BCUT2D eigenvalue weighted by atomic mass is 10.3. The summed E-state index contributed by atoms with van der Waals surface area (Å²) in [5, 5.41) is 0. The SMILES string of the molecule is COCCOC1CN(c2cncc(N)c2)CCO1. The summed E-state index contributed by atoms with van der Waals surface area (Å²) in [6.07, 6.45) is 3.21. The van der Waals surface area contributed by atoms with Crippen molar-refractivity contribution in [3.8, 4) is 0 Å². The van der Waals surface area contributed by atoms with Gasteiger partial charge in [-0.25, -0.2) is 0 Å². The van der Waals surface area contributed by atoms with E-state index in [0.717, 1.165) is 12.2 Å². The van der Waals surface area contributed by atoms with Crippen LogP contribution in [0.15, 0.2) is 18.5 Å². The maximum absolute atomic E-state index is 5.73. The Morgan fingerprint density at radius 3 is 3.17 bits per heavy atom. The number of nitrogens with two attached hydrogens (primary N) is 1. The van der Waals surface area contributed by atoms with Gasteiger partial charge in [0, 0.05) is 19.9 Å². The van der Waals surface area contributed by atoms with E-state index in [9.17, 15) is 0 Å². The van der Waals surface area contributed by atoms with E-state index in [1.54, 1.807) is 19.5 Å². The molecule has 0 amide bonds. The third kappa shape index (κ3) is 3.56. The molecule has 6 nitrogen and oxygen atoms in total. The van der Waals surface area contributed by atoms with Gasteiger partial charge >= 0.3 is 0 Å². The molecule has 1 unspecified atom stereocenters. The molecule has 1 fully saturated rings. The van der Waals surface area contributed by atoms with Crippen LogP contribution in [0.3, 0.4) is 0 Å². The molecule has 0 spiro atoms. The molecule has 100 valence electrons. The van der Waals surface area contributed by atoms with Gasteiger partial charge in [0.25, 0.3) is 0 Å². The second kappa shape index (κ2) is 6.53. The lowest BCUT2D eigenvalue weighted by Crippen LogP contribution is -2.44. The molecule has 18 heavy (non-hydrogen) atoms. The first-order valence-electron chi connectivity index (χ1n) is 5.97. The van der Waals surface area contributed by atoms with Crippen molar-refractivity contribution in [2.24, 2.45) is 0 Å². The van der Waals surface area contributed by atoms with Crippen molar-refractivity contribution in [1.82, 2.24) is 4.98 Å². The topological polar surface area (TPSA) is 69.8 Å². The largest absolute Gasteiger partial charge is 0.397 e. The van der Waals surface area contributed by atoms with Gasteiger partial charge < -0.3 is 24.8 Å². The third-order valence-corrected chi connectivity index (χ3v) is 2.74. The molecule has 2 N–H and O–H groups in total. The minimum absolute atomic E-state index is 0.227. The van der Waals surface area contributed by atoms with Crippen molar-refractivity contribution < 1.29 is 14.2 Å². The van der Waals surface area contributed by atoms with Gasteiger partial charge in [-0.05, 0) is 6.07 Å². The van der Waals surface area contributed by atoms with E-state index in [0.29, 0.717) is 32.1 Å². The lowest BCUT2D eigenvalue weighted by molar-refractivity contribution is -0.152. The fraction of sp³-hybridized carbons (Fsp3) is 0.583. The molecule has 0 aromatic carbocycles. The average Bonchev–Trinajstić information content (AvgIpc) is 2.39. The number of hydrogen-bond acceptors (Lipinski definition) is 6. The zero-order chi connectivity index (χ0) is 12.8. The van der Waals surface area contributed by atoms with E-state index in [1.807, 2.05) is 6.07 Å². The van der Waals surface area contributed by atoms with Gasteiger partial charge in [-0.15, -0.1) is 0 Å². The van der Waals surface area contributed by atoms with Gasteiger partial charge in [0.1, 0.15) is 0 Å². The zero-order valence-electron chi connectivity index (χ0n) is 10.5. The molecule has 1 aromatic rings. The smallest absolute Gasteiger partial charge is 0.175 e. The number of anilines is 2. The van der Waals surface area contributed by atoms with Crippen LogP contribution in [0.1, 0.15) is 0 Å². The molecule has 6 heteroatoms. The van der Waals surface area contributed by atoms with Crippen LogP contribution < -0.4 is 10.6 Å². The quantitative estimate of drug-likeness (QED) is 0.770. The Morgan fingerprint density at radius 2 is 2.39 bits per heavy atom. The van der Waals surface area contributed by atoms with Crippen molar-refractivity contribution >= 4 is 11.4 Å². The zero-order valence-corrected chi connectivity index (χ0v) is 10.5. The highest BCUT2D eigenvalue weighted by Crippen LogP contribution is 2.19. The van der Waals surface area contributed by atoms with Gasteiger partial charge in [0.2, 0.25) is 0 Å². The number of nitrogen functional groups attached to an aromatic ring is 1. The van der Waals surface area contributed by atoms with Gasteiger partial charge in [0.15, 0.2) is 6.29 Å². The number of hydrogen-bond donors (Lipinski definition) is 1. The molecule has 0 radical (unpaired) electrons. The second-order valence-electron chi connectivity index (χ2n) is 4.09. The van der Waals surface area contributed by atoms with E-state index in [-0.39, 0.29) is 6.29 Å². The van der Waals surface area contributed by atoms with Gasteiger partial charge in [-0.2, -0.15) is 0 Å².